The Bertz CT molecular complexity index is 441. The molecule has 1 aromatic carbocycles. The van der Waals surface area contributed by atoms with E-state index in [1.54, 1.807) is 0 Å². The molecule has 0 radical (unpaired) electrons. The maximum absolute atomic E-state index is 6.29. The van der Waals surface area contributed by atoms with Crippen LogP contribution in [0.25, 0.3) is 5.57 Å². The van der Waals surface area contributed by atoms with Gasteiger partial charge in [-0.05, 0) is 54.7 Å². The lowest BCUT2D eigenvalue weighted by Crippen LogP contribution is -2.13. The van der Waals surface area contributed by atoms with Crippen molar-refractivity contribution in [2.45, 2.75) is 38.5 Å². The summed E-state index contributed by atoms with van der Waals surface area (Å²) in [5.74, 6) is 0.696. The average Bonchev–Trinajstić information content (AvgIpc) is 2.63. The molecule has 0 bridgehead atoms. The maximum atomic E-state index is 6.29. The molecular formula is C15H19N. The lowest BCUT2D eigenvalue weighted by Gasteiger charge is -2.28. The third-order valence-electron chi connectivity index (χ3n) is 4.27. The van der Waals surface area contributed by atoms with Gasteiger partial charge in [0.05, 0.1) is 0 Å². The molecule has 0 aromatic heterocycles. The minimum Gasteiger partial charge on any atom is -0.398 e. The van der Waals surface area contributed by atoms with E-state index in [9.17, 15) is 0 Å². The highest BCUT2D eigenvalue weighted by Gasteiger charge is 2.24. The number of nitrogens with two attached hydrogens (primary N) is 1. The fourth-order valence-corrected chi connectivity index (χ4v) is 2.95. The zero-order valence-electron chi connectivity index (χ0n) is 9.76. The fraction of sp³-hybridized carbons (Fsp3) is 0.467. The Morgan fingerprint density at radius 3 is 2.69 bits per heavy atom. The van der Waals surface area contributed by atoms with E-state index < -0.39 is 0 Å². The van der Waals surface area contributed by atoms with Crippen molar-refractivity contribution < 1.29 is 0 Å². The van der Waals surface area contributed by atoms with E-state index in [0.29, 0.717) is 5.92 Å². The number of anilines is 1. The van der Waals surface area contributed by atoms with Crippen LogP contribution in [0.5, 0.6) is 0 Å². The lowest BCUT2D eigenvalue weighted by atomic mass is 9.77. The summed E-state index contributed by atoms with van der Waals surface area (Å²) in [7, 11) is 0. The Morgan fingerprint density at radius 2 is 2.00 bits per heavy atom. The fourth-order valence-electron chi connectivity index (χ4n) is 2.95. The van der Waals surface area contributed by atoms with Gasteiger partial charge in [-0.2, -0.15) is 0 Å². The van der Waals surface area contributed by atoms with Gasteiger partial charge in [0.1, 0.15) is 0 Å². The second-order valence-corrected chi connectivity index (χ2v) is 5.17. The number of allylic oxidation sites excluding steroid dienone is 1. The molecule has 0 aliphatic heterocycles. The van der Waals surface area contributed by atoms with E-state index in [1.165, 1.54) is 54.4 Å². The van der Waals surface area contributed by atoms with E-state index in [1.807, 2.05) is 0 Å². The number of rotatable bonds is 2. The Hall–Kier alpha value is -1.24. The van der Waals surface area contributed by atoms with E-state index in [2.05, 4.69) is 18.7 Å². The van der Waals surface area contributed by atoms with Crippen LogP contribution in [0.3, 0.4) is 0 Å². The van der Waals surface area contributed by atoms with Gasteiger partial charge in [0.15, 0.2) is 0 Å². The summed E-state index contributed by atoms with van der Waals surface area (Å²) >= 11 is 0. The number of benzene rings is 1. The molecule has 3 rings (SSSR count). The molecular weight excluding hydrogens is 194 g/mol. The summed E-state index contributed by atoms with van der Waals surface area (Å²) in [6.45, 7) is 4.25. The van der Waals surface area contributed by atoms with Crippen LogP contribution in [0.1, 0.15) is 42.4 Å². The molecule has 0 heterocycles. The highest BCUT2D eigenvalue weighted by molar-refractivity contribution is 5.78. The van der Waals surface area contributed by atoms with Crippen molar-refractivity contribution in [3.05, 3.63) is 35.4 Å². The molecule has 0 atom stereocenters. The van der Waals surface area contributed by atoms with E-state index >= 15 is 0 Å². The van der Waals surface area contributed by atoms with Crippen molar-refractivity contribution in [1.82, 2.24) is 0 Å². The van der Waals surface area contributed by atoms with E-state index in [4.69, 9.17) is 5.73 Å². The van der Waals surface area contributed by atoms with Crippen molar-refractivity contribution in [2.75, 3.05) is 5.73 Å². The van der Waals surface area contributed by atoms with Crippen molar-refractivity contribution in [1.29, 1.82) is 0 Å². The predicted octanol–water partition coefficient (Wildman–Crippen LogP) is 3.57. The molecule has 2 N–H and O–H groups in total. The van der Waals surface area contributed by atoms with E-state index in [-0.39, 0.29) is 0 Å². The van der Waals surface area contributed by atoms with Crippen LogP contribution < -0.4 is 5.73 Å². The first kappa shape index (κ1) is 9.95. The quantitative estimate of drug-likeness (QED) is 0.747. The second kappa shape index (κ2) is 3.65. The van der Waals surface area contributed by atoms with Crippen molar-refractivity contribution in [3.63, 3.8) is 0 Å². The standard InChI is InChI=1S/C15H19N/c1-10(11-4-2-5-11)13-9-8-12-6-3-7-14(12)15(13)16/h8-9,11H,1-7,16H2. The molecule has 16 heavy (non-hydrogen) atoms. The summed E-state index contributed by atoms with van der Waals surface area (Å²) in [4.78, 5) is 0. The number of hydrogen-bond donors (Lipinski definition) is 1. The predicted molar refractivity (Wildman–Crippen MR) is 69.3 cm³/mol. The minimum atomic E-state index is 0.696. The first-order chi connectivity index (χ1) is 7.77. The topological polar surface area (TPSA) is 26.0 Å². The summed E-state index contributed by atoms with van der Waals surface area (Å²) in [5, 5.41) is 0. The largest absolute Gasteiger partial charge is 0.398 e. The molecule has 0 amide bonds. The third-order valence-corrected chi connectivity index (χ3v) is 4.27. The zero-order chi connectivity index (χ0) is 11.1. The SMILES string of the molecule is C=C(c1ccc2c(c1N)CCC2)C1CCC1. The van der Waals surface area contributed by atoms with Crippen LogP contribution >= 0.6 is 0 Å². The molecule has 1 fully saturated rings. The maximum Gasteiger partial charge on any atom is 0.0425 e. The lowest BCUT2D eigenvalue weighted by molar-refractivity contribution is 0.401. The van der Waals surface area contributed by atoms with Gasteiger partial charge in [-0.25, -0.2) is 0 Å². The normalized spacial score (nSPS) is 19.2. The van der Waals surface area contributed by atoms with Gasteiger partial charge in [-0.3, -0.25) is 0 Å². The van der Waals surface area contributed by atoms with Crippen LogP contribution in [-0.4, -0.2) is 0 Å². The van der Waals surface area contributed by atoms with Gasteiger partial charge in [0, 0.05) is 11.3 Å². The summed E-state index contributed by atoms with van der Waals surface area (Å²) in [6.07, 6.45) is 7.58. The van der Waals surface area contributed by atoms with Gasteiger partial charge < -0.3 is 5.73 Å². The second-order valence-electron chi connectivity index (χ2n) is 5.17. The first-order valence-electron chi connectivity index (χ1n) is 6.37. The molecule has 84 valence electrons. The van der Waals surface area contributed by atoms with Crippen LogP contribution in [0.15, 0.2) is 18.7 Å². The molecule has 1 heteroatoms. The van der Waals surface area contributed by atoms with Crippen molar-refractivity contribution in [2.24, 2.45) is 5.92 Å². The van der Waals surface area contributed by atoms with E-state index in [0.717, 1.165) is 12.1 Å². The van der Waals surface area contributed by atoms with Gasteiger partial charge in [0.25, 0.3) is 0 Å². The molecule has 0 spiro atoms. The van der Waals surface area contributed by atoms with Crippen LogP contribution in [0, 0.1) is 5.92 Å². The molecule has 2 aliphatic carbocycles. The number of nitrogen functional groups attached to an aromatic ring is 1. The minimum absolute atomic E-state index is 0.696. The number of fused-ring (bicyclic) bond motifs is 1. The Labute approximate surface area is 97.4 Å². The third kappa shape index (κ3) is 1.38. The summed E-state index contributed by atoms with van der Waals surface area (Å²) in [5.41, 5.74) is 12.7. The van der Waals surface area contributed by atoms with Crippen LogP contribution in [-0.2, 0) is 12.8 Å². The van der Waals surface area contributed by atoms with Gasteiger partial charge in [-0.1, -0.05) is 25.1 Å². The average molecular weight is 213 g/mol. The van der Waals surface area contributed by atoms with Gasteiger partial charge in [-0.15, -0.1) is 0 Å². The molecule has 1 saturated carbocycles. The van der Waals surface area contributed by atoms with Crippen LogP contribution in [0.4, 0.5) is 5.69 Å². The highest BCUT2D eigenvalue weighted by atomic mass is 14.6. The number of hydrogen-bond acceptors (Lipinski definition) is 1. The summed E-state index contributed by atoms with van der Waals surface area (Å²) < 4.78 is 0. The molecule has 0 saturated heterocycles. The van der Waals surface area contributed by atoms with Crippen molar-refractivity contribution >= 4 is 11.3 Å². The molecule has 1 aromatic rings. The van der Waals surface area contributed by atoms with Crippen molar-refractivity contribution in [3.8, 4) is 0 Å². The van der Waals surface area contributed by atoms with Gasteiger partial charge in [0.2, 0.25) is 0 Å². The monoisotopic (exact) mass is 213 g/mol. The molecule has 0 unspecified atom stereocenters. The smallest absolute Gasteiger partial charge is 0.0425 e. The highest BCUT2D eigenvalue weighted by Crippen LogP contribution is 2.41. The molecule has 2 aliphatic rings. The zero-order valence-corrected chi connectivity index (χ0v) is 9.76. The van der Waals surface area contributed by atoms with Gasteiger partial charge >= 0.3 is 0 Å². The summed E-state index contributed by atoms with van der Waals surface area (Å²) in [6, 6.07) is 4.46. The van der Waals surface area contributed by atoms with Crippen LogP contribution in [0.2, 0.25) is 0 Å². The molecule has 1 nitrogen and oxygen atoms in total. The Morgan fingerprint density at radius 1 is 1.19 bits per heavy atom. The Kier molecular flexibility index (Phi) is 2.27. The number of aryl methyl sites for hydroxylation is 1. The Balaban J connectivity index is 1.98. The first-order valence-corrected chi connectivity index (χ1v) is 6.37.